The van der Waals surface area contributed by atoms with Crippen molar-refractivity contribution in [2.45, 2.75) is 12.5 Å². The molecule has 6 nitrogen and oxygen atoms in total. The molecule has 108 valence electrons. The molecule has 0 saturated carbocycles. The van der Waals surface area contributed by atoms with E-state index < -0.39 is 6.10 Å². The predicted octanol–water partition coefficient (Wildman–Crippen LogP) is 2.22. The van der Waals surface area contributed by atoms with Crippen molar-refractivity contribution in [1.82, 2.24) is 0 Å². The molecule has 0 radical (unpaired) electrons. The smallest absolute Gasteiger partial charge is 0.174 e. The predicted molar refractivity (Wildman–Crippen MR) is 71.9 cm³/mol. The second-order valence-electron chi connectivity index (χ2n) is 4.81. The Hall–Kier alpha value is -2.89. The standard InChI is InChI=1S/C15H12O6/c16-7-1-2-9(10(18)3-7)13-6-12(20)15-11(19)4-8(17)5-14(15)21-13/h1-5,13,16-19H,6H2. The summed E-state index contributed by atoms with van der Waals surface area (Å²) in [5.74, 6) is -1.17. The van der Waals surface area contributed by atoms with Crippen molar-refractivity contribution in [3.8, 4) is 28.7 Å². The van der Waals surface area contributed by atoms with Crippen molar-refractivity contribution in [3.63, 3.8) is 0 Å². The molecule has 0 bridgehead atoms. The van der Waals surface area contributed by atoms with Gasteiger partial charge in [0, 0.05) is 23.8 Å². The molecule has 3 rings (SSSR count). The first-order chi connectivity index (χ1) is 9.95. The van der Waals surface area contributed by atoms with Crippen LogP contribution in [0.25, 0.3) is 0 Å². The van der Waals surface area contributed by atoms with Crippen LogP contribution in [0.1, 0.15) is 28.4 Å². The lowest BCUT2D eigenvalue weighted by Gasteiger charge is -2.26. The number of ether oxygens (including phenoxy) is 1. The van der Waals surface area contributed by atoms with E-state index in [1.54, 1.807) is 0 Å². The van der Waals surface area contributed by atoms with Crippen molar-refractivity contribution in [2.75, 3.05) is 0 Å². The fraction of sp³-hybridized carbons (Fsp3) is 0.133. The van der Waals surface area contributed by atoms with Crippen LogP contribution < -0.4 is 4.74 Å². The van der Waals surface area contributed by atoms with Crippen LogP contribution in [-0.2, 0) is 0 Å². The highest BCUT2D eigenvalue weighted by molar-refractivity contribution is 6.02. The zero-order valence-electron chi connectivity index (χ0n) is 10.8. The number of carbonyl (C=O) groups excluding carboxylic acids is 1. The molecule has 2 aromatic carbocycles. The van der Waals surface area contributed by atoms with E-state index in [0.717, 1.165) is 12.1 Å². The van der Waals surface area contributed by atoms with Crippen molar-refractivity contribution in [3.05, 3.63) is 41.5 Å². The summed E-state index contributed by atoms with van der Waals surface area (Å²) in [6.45, 7) is 0. The molecule has 0 spiro atoms. The summed E-state index contributed by atoms with van der Waals surface area (Å²) in [5.41, 5.74) is 0.358. The van der Waals surface area contributed by atoms with Gasteiger partial charge in [0.25, 0.3) is 0 Å². The number of phenolic OH excluding ortho intramolecular Hbond substituents is 4. The molecule has 0 amide bonds. The number of fused-ring (bicyclic) bond motifs is 1. The quantitative estimate of drug-likeness (QED) is 0.641. The molecule has 1 aliphatic heterocycles. The average molecular weight is 288 g/mol. The number of aromatic hydroxyl groups is 4. The fourth-order valence-corrected chi connectivity index (χ4v) is 2.40. The largest absolute Gasteiger partial charge is 0.508 e. The van der Waals surface area contributed by atoms with Gasteiger partial charge in [-0.15, -0.1) is 0 Å². The maximum atomic E-state index is 12.1. The first-order valence-electron chi connectivity index (χ1n) is 6.23. The average Bonchev–Trinajstić information content (AvgIpc) is 2.36. The Kier molecular flexibility index (Phi) is 2.86. The minimum absolute atomic E-state index is 0.0160. The summed E-state index contributed by atoms with van der Waals surface area (Å²) in [6, 6.07) is 6.28. The summed E-state index contributed by atoms with van der Waals surface area (Å²) >= 11 is 0. The Morgan fingerprint density at radius 1 is 0.952 bits per heavy atom. The number of hydrogen-bond donors (Lipinski definition) is 4. The van der Waals surface area contributed by atoms with Gasteiger partial charge in [0.1, 0.15) is 40.4 Å². The highest BCUT2D eigenvalue weighted by Crippen LogP contribution is 2.43. The molecule has 0 fully saturated rings. The minimum atomic E-state index is -0.758. The van der Waals surface area contributed by atoms with Gasteiger partial charge in [0.2, 0.25) is 0 Å². The lowest BCUT2D eigenvalue weighted by molar-refractivity contribution is 0.0842. The zero-order chi connectivity index (χ0) is 15.1. The van der Waals surface area contributed by atoms with Gasteiger partial charge < -0.3 is 25.2 Å². The van der Waals surface area contributed by atoms with Crippen LogP contribution in [0.4, 0.5) is 0 Å². The van der Waals surface area contributed by atoms with Crippen LogP contribution in [-0.4, -0.2) is 26.2 Å². The Bertz CT molecular complexity index is 737. The molecule has 0 aliphatic carbocycles. The molecule has 1 aliphatic rings. The summed E-state index contributed by atoms with van der Waals surface area (Å²) < 4.78 is 5.59. The molecule has 1 heterocycles. The lowest BCUT2D eigenvalue weighted by atomic mass is 9.95. The van der Waals surface area contributed by atoms with E-state index in [2.05, 4.69) is 0 Å². The van der Waals surface area contributed by atoms with E-state index in [9.17, 15) is 25.2 Å². The topological polar surface area (TPSA) is 107 Å². The Balaban J connectivity index is 2.04. The lowest BCUT2D eigenvalue weighted by Crippen LogP contribution is -2.20. The molecule has 1 unspecified atom stereocenters. The maximum absolute atomic E-state index is 12.1. The van der Waals surface area contributed by atoms with Crippen molar-refractivity contribution >= 4 is 5.78 Å². The third-order valence-corrected chi connectivity index (χ3v) is 3.35. The number of benzene rings is 2. The van der Waals surface area contributed by atoms with E-state index in [-0.39, 0.29) is 46.5 Å². The zero-order valence-corrected chi connectivity index (χ0v) is 10.8. The van der Waals surface area contributed by atoms with Gasteiger partial charge in [-0.05, 0) is 12.1 Å². The summed E-state index contributed by atoms with van der Waals surface area (Å²) in [7, 11) is 0. The number of rotatable bonds is 1. The molecule has 0 saturated heterocycles. The van der Waals surface area contributed by atoms with Crippen LogP contribution in [0.2, 0.25) is 0 Å². The van der Waals surface area contributed by atoms with E-state index in [0.29, 0.717) is 5.56 Å². The number of hydrogen-bond acceptors (Lipinski definition) is 6. The monoisotopic (exact) mass is 288 g/mol. The van der Waals surface area contributed by atoms with Crippen molar-refractivity contribution in [2.24, 2.45) is 0 Å². The first-order valence-corrected chi connectivity index (χ1v) is 6.23. The third kappa shape index (κ3) is 2.20. The van der Waals surface area contributed by atoms with E-state index in [1.807, 2.05) is 0 Å². The maximum Gasteiger partial charge on any atom is 0.174 e. The Labute approximate surface area is 119 Å². The highest BCUT2D eigenvalue weighted by atomic mass is 16.5. The number of ketones is 1. The van der Waals surface area contributed by atoms with Gasteiger partial charge in [-0.25, -0.2) is 0 Å². The Morgan fingerprint density at radius 3 is 2.38 bits per heavy atom. The first kappa shape index (κ1) is 13.1. The molecule has 21 heavy (non-hydrogen) atoms. The molecule has 0 aromatic heterocycles. The van der Waals surface area contributed by atoms with Gasteiger partial charge in [-0.3, -0.25) is 4.79 Å². The van der Waals surface area contributed by atoms with Crippen LogP contribution in [0.15, 0.2) is 30.3 Å². The van der Waals surface area contributed by atoms with Gasteiger partial charge >= 0.3 is 0 Å². The van der Waals surface area contributed by atoms with E-state index in [1.165, 1.54) is 18.2 Å². The van der Waals surface area contributed by atoms with E-state index >= 15 is 0 Å². The van der Waals surface area contributed by atoms with Gasteiger partial charge in [-0.2, -0.15) is 0 Å². The van der Waals surface area contributed by atoms with Crippen LogP contribution in [0.5, 0.6) is 28.7 Å². The van der Waals surface area contributed by atoms with Crippen LogP contribution in [0.3, 0.4) is 0 Å². The van der Waals surface area contributed by atoms with E-state index in [4.69, 9.17) is 4.74 Å². The third-order valence-electron chi connectivity index (χ3n) is 3.35. The fourth-order valence-electron chi connectivity index (χ4n) is 2.40. The minimum Gasteiger partial charge on any atom is -0.508 e. The number of carbonyl (C=O) groups is 1. The molecule has 4 N–H and O–H groups in total. The summed E-state index contributed by atoms with van der Waals surface area (Å²) in [6.07, 6.45) is -0.823. The number of phenols is 4. The normalized spacial score (nSPS) is 17.1. The van der Waals surface area contributed by atoms with Gasteiger partial charge in [0.05, 0.1) is 6.42 Å². The molecular weight excluding hydrogens is 276 g/mol. The van der Waals surface area contributed by atoms with Crippen molar-refractivity contribution in [1.29, 1.82) is 0 Å². The van der Waals surface area contributed by atoms with Gasteiger partial charge in [-0.1, -0.05) is 0 Å². The highest BCUT2D eigenvalue weighted by Gasteiger charge is 2.32. The van der Waals surface area contributed by atoms with Crippen molar-refractivity contribution < 1.29 is 30.0 Å². The Morgan fingerprint density at radius 2 is 1.67 bits per heavy atom. The molecule has 6 heteroatoms. The summed E-state index contributed by atoms with van der Waals surface area (Å²) in [5, 5.41) is 38.3. The molecule has 2 aromatic rings. The van der Waals surface area contributed by atoms with Crippen LogP contribution in [0, 0.1) is 0 Å². The van der Waals surface area contributed by atoms with Crippen LogP contribution >= 0.6 is 0 Å². The SMILES string of the molecule is O=C1CC(c2ccc(O)cc2O)Oc2cc(O)cc(O)c21. The second kappa shape index (κ2) is 4.59. The number of Topliss-reactive ketones (excluding diaryl/α,β-unsaturated/α-hetero) is 1. The molecular formula is C15H12O6. The van der Waals surface area contributed by atoms with Gasteiger partial charge in [0.15, 0.2) is 5.78 Å². The second-order valence-corrected chi connectivity index (χ2v) is 4.81. The summed E-state index contributed by atoms with van der Waals surface area (Å²) in [4.78, 5) is 12.1. The molecule has 1 atom stereocenters.